The fourth-order valence-corrected chi connectivity index (χ4v) is 2.84. The molecule has 1 aliphatic heterocycles. The van der Waals surface area contributed by atoms with E-state index in [1.807, 2.05) is 0 Å². The minimum absolute atomic E-state index is 0.158. The second-order valence-electron chi connectivity index (χ2n) is 8.07. The van der Waals surface area contributed by atoms with E-state index >= 15 is 0 Å². The molecule has 2 rings (SSSR count). The van der Waals surface area contributed by atoms with Crippen molar-refractivity contribution in [1.29, 1.82) is 0 Å². The van der Waals surface area contributed by atoms with Crippen molar-refractivity contribution in [2.45, 2.75) is 60.0 Å². The molecule has 0 spiro atoms. The molecule has 1 heterocycles. The Hall–Kier alpha value is -1.02. The molecule has 20 heavy (non-hydrogen) atoms. The summed E-state index contributed by atoms with van der Waals surface area (Å²) in [7, 11) is 0. The molecule has 0 aromatic heterocycles. The van der Waals surface area contributed by atoms with E-state index < -0.39 is 0 Å². The van der Waals surface area contributed by atoms with Crippen molar-refractivity contribution in [3.63, 3.8) is 0 Å². The van der Waals surface area contributed by atoms with E-state index in [4.69, 9.17) is 0 Å². The van der Waals surface area contributed by atoms with Crippen molar-refractivity contribution in [1.82, 2.24) is 5.32 Å². The highest BCUT2D eigenvalue weighted by molar-refractivity contribution is 5.56. The molecule has 1 aromatic rings. The molecule has 0 amide bonds. The molecule has 1 aromatic carbocycles. The average molecular weight is 274 g/mol. The monoisotopic (exact) mass is 274 g/mol. The van der Waals surface area contributed by atoms with Gasteiger partial charge in [0, 0.05) is 30.9 Å². The first-order chi connectivity index (χ1) is 9.16. The highest BCUT2D eigenvalue weighted by atomic mass is 15.2. The van der Waals surface area contributed by atoms with Crippen LogP contribution in [0.3, 0.4) is 0 Å². The van der Waals surface area contributed by atoms with Gasteiger partial charge in [-0.25, -0.2) is 0 Å². The van der Waals surface area contributed by atoms with Crippen molar-refractivity contribution in [2.75, 3.05) is 18.0 Å². The van der Waals surface area contributed by atoms with Gasteiger partial charge < -0.3 is 10.2 Å². The molecule has 1 saturated heterocycles. The van der Waals surface area contributed by atoms with Gasteiger partial charge in [-0.2, -0.15) is 0 Å². The third kappa shape index (κ3) is 3.99. The molecule has 112 valence electrons. The fraction of sp³-hybridized carbons (Fsp3) is 0.667. The smallest absolute Gasteiger partial charge is 0.0412 e. The predicted octanol–water partition coefficient (Wildman–Crippen LogP) is 4.12. The van der Waals surface area contributed by atoms with E-state index in [2.05, 4.69) is 70.0 Å². The lowest BCUT2D eigenvalue weighted by molar-refractivity contribution is 0.417. The number of anilines is 1. The lowest BCUT2D eigenvalue weighted by atomic mass is 9.93. The Morgan fingerprint density at radius 1 is 1.25 bits per heavy atom. The third-order valence-corrected chi connectivity index (χ3v) is 4.06. The molecule has 2 heteroatoms. The Morgan fingerprint density at radius 3 is 2.50 bits per heavy atom. The van der Waals surface area contributed by atoms with Gasteiger partial charge >= 0.3 is 0 Å². The van der Waals surface area contributed by atoms with Crippen LogP contribution in [0.2, 0.25) is 0 Å². The Bertz CT molecular complexity index is 469. The van der Waals surface area contributed by atoms with E-state index in [-0.39, 0.29) is 5.54 Å². The van der Waals surface area contributed by atoms with Gasteiger partial charge in [0.05, 0.1) is 0 Å². The molecule has 2 nitrogen and oxygen atoms in total. The number of hydrogen-bond acceptors (Lipinski definition) is 2. The van der Waals surface area contributed by atoms with Gasteiger partial charge in [0.1, 0.15) is 0 Å². The molecule has 0 unspecified atom stereocenters. The van der Waals surface area contributed by atoms with Crippen LogP contribution in [0.15, 0.2) is 18.2 Å². The van der Waals surface area contributed by atoms with Crippen LogP contribution in [0.25, 0.3) is 0 Å². The summed E-state index contributed by atoms with van der Waals surface area (Å²) in [5.41, 5.74) is 4.79. The number of benzene rings is 1. The average Bonchev–Trinajstić information content (AvgIpc) is 2.66. The lowest BCUT2D eigenvalue weighted by Gasteiger charge is -2.27. The van der Waals surface area contributed by atoms with Crippen LogP contribution in [0, 0.1) is 12.3 Å². The van der Waals surface area contributed by atoms with Crippen molar-refractivity contribution in [3.05, 3.63) is 29.3 Å². The first kappa shape index (κ1) is 15.4. The summed E-state index contributed by atoms with van der Waals surface area (Å²) in [4.78, 5) is 2.55. The third-order valence-electron chi connectivity index (χ3n) is 4.06. The summed E-state index contributed by atoms with van der Waals surface area (Å²) >= 11 is 0. The standard InChI is InChI=1S/C18H30N2/c1-14-7-8-16(20-10-9-18(5,6)13-20)15(11-14)12-19-17(2,3)4/h7-8,11,19H,9-10,12-13H2,1-6H3. The summed E-state index contributed by atoms with van der Waals surface area (Å²) in [5.74, 6) is 0. The van der Waals surface area contributed by atoms with Gasteiger partial charge in [-0.3, -0.25) is 0 Å². The Labute approximate surface area is 124 Å². The zero-order valence-corrected chi connectivity index (χ0v) is 14.0. The summed E-state index contributed by atoms with van der Waals surface area (Å²) in [6.45, 7) is 16.9. The number of aryl methyl sites for hydroxylation is 1. The van der Waals surface area contributed by atoms with E-state index in [1.54, 1.807) is 0 Å². The van der Waals surface area contributed by atoms with Gasteiger partial charge in [-0.1, -0.05) is 31.5 Å². The first-order valence-corrected chi connectivity index (χ1v) is 7.76. The number of nitrogens with zero attached hydrogens (tertiary/aromatic N) is 1. The van der Waals surface area contributed by atoms with Crippen molar-refractivity contribution in [3.8, 4) is 0 Å². The quantitative estimate of drug-likeness (QED) is 0.892. The second-order valence-corrected chi connectivity index (χ2v) is 8.07. The van der Waals surface area contributed by atoms with E-state index in [0.717, 1.165) is 6.54 Å². The molecule has 1 fully saturated rings. The van der Waals surface area contributed by atoms with Gasteiger partial charge in [-0.15, -0.1) is 0 Å². The van der Waals surface area contributed by atoms with Gasteiger partial charge in [0.15, 0.2) is 0 Å². The second kappa shape index (κ2) is 5.40. The topological polar surface area (TPSA) is 15.3 Å². The zero-order chi connectivity index (χ0) is 15.0. The maximum Gasteiger partial charge on any atom is 0.0412 e. The van der Waals surface area contributed by atoms with Gasteiger partial charge in [0.2, 0.25) is 0 Å². The highest BCUT2D eigenvalue weighted by Crippen LogP contribution is 2.34. The van der Waals surface area contributed by atoms with Gasteiger partial charge in [0.25, 0.3) is 0 Å². The van der Waals surface area contributed by atoms with Crippen LogP contribution in [-0.2, 0) is 6.54 Å². The minimum atomic E-state index is 0.158. The SMILES string of the molecule is Cc1ccc(N2CCC(C)(C)C2)c(CNC(C)(C)C)c1. The molecule has 0 saturated carbocycles. The summed E-state index contributed by atoms with van der Waals surface area (Å²) < 4.78 is 0. The van der Waals surface area contributed by atoms with Gasteiger partial charge in [-0.05, 0) is 51.2 Å². The molecule has 0 atom stereocenters. The van der Waals surface area contributed by atoms with E-state index in [0.29, 0.717) is 5.41 Å². The minimum Gasteiger partial charge on any atom is -0.371 e. The Kier molecular flexibility index (Phi) is 4.15. The lowest BCUT2D eigenvalue weighted by Crippen LogP contribution is -2.35. The van der Waals surface area contributed by atoms with Crippen LogP contribution in [0.5, 0.6) is 0 Å². The normalized spacial score (nSPS) is 18.6. The molecular formula is C18H30N2. The van der Waals surface area contributed by atoms with Crippen LogP contribution in [0.4, 0.5) is 5.69 Å². The van der Waals surface area contributed by atoms with Crippen molar-refractivity contribution >= 4 is 5.69 Å². The number of rotatable bonds is 3. The first-order valence-electron chi connectivity index (χ1n) is 7.76. The summed E-state index contributed by atoms with van der Waals surface area (Å²) in [5, 5.41) is 3.62. The molecule has 0 bridgehead atoms. The Balaban J connectivity index is 2.20. The van der Waals surface area contributed by atoms with Crippen molar-refractivity contribution in [2.24, 2.45) is 5.41 Å². The van der Waals surface area contributed by atoms with Crippen LogP contribution >= 0.6 is 0 Å². The molecule has 1 N–H and O–H groups in total. The number of nitrogens with one attached hydrogen (secondary N) is 1. The van der Waals surface area contributed by atoms with Crippen LogP contribution in [-0.4, -0.2) is 18.6 Å². The largest absolute Gasteiger partial charge is 0.371 e. The maximum atomic E-state index is 3.62. The molecular weight excluding hydrogens is 244 g/mol. The van der Waals surface area contributed by atoms with Crippen LogP contribution in [0.1, 0.15) is 52.2 Å². The molecule has 0 aliphatic carbocycles. The molecule has 1 aliphatic rings. The van der Waals surface area contributed by atoms with Crippen LogP contribution < -0.4 is 10.2 Å². The fourth-order valence-electron chi connectivity index (χ4n) is 2.84. The Morgan fingerprint density at radius 2 is 1.95 bits per heavy atom. The highest BCUT2D eigenvalue weighted by Gasteiger charge is 2.30. The maximum absolute atomic E-state index is 3.62. The summed E-state index contributed by atoms with van der Waals surface area (Å²) in [6, 6.07) is 6.87. The van der Waals surface area contributed by atoms with Crippen molar-refractivity contribution < 1.29 is 0 Å². The number of hydrogen-bond donors (Lipinski definition) is 1. The zero-order valence-electron chi connectivity index (χ0n) is 14.0. The van der Waals surface area contributed by atoms with E-state index in [1.165, 1.54) is 36.3 Å². The van der Waals surface area contributed by atoms with E-state index in [9.17, 15) is 0 Å². The predicted molar refractivity (Wildman–Crippen MR) is 88.4 cm³/mol. The summed E-state index contributed by atoms with van der Waals surface area (Å²) in [6.07, 6.45) is 1.28. The molecule has 0 radical (unpaired) electrons.